The van der Waals surface area contributed by atoms with Gasteiger partial charge in [0, 0.05) is 13.1 Å². The van der Waals surface area contributed by atoms with E-state index in [0.29, 0.717) is 13.1 Å². The highest BCUT2D eigenvalue weighted by molar-refractivity contribution is 5.77. The van der Waals surface area contributed by atoms with Gasteiger partial charge in [-0.25, -0.2) is 0 Å². The summed E-state index contributed by atoms with van der Waals surface area (Å²) in [6.07, 6.45) is 3.93. The molecule has 0 amide bonds. The van der Waals surface area contributed by atoms with Crippen LogP contribution in [0.1, 0.15) is 32.4 Å². The van der Waals surface area contributed by atoms with Crippen LogP contribution >= 0.6 is 0 Å². The molecule has 2 rings (SSSR count). The Morgan fingerprint density at radius 1 is 1.32 bits per heavy atom. The molecule has 1 aromatic carbocycles. The number of likely N-dealkylation sites (tertiary alicyclic amines) is 1. The number of hydrogen-bond acceptors (Lipinski definition) is 2. The lowest BCUT2D eigenvalue weighted by Gasteiger charge is -2.53. The molecule has 1 atom stereocenters. The largest absolute Gasteiger partial charge is 0.481 e. The third-order valence-corrected chi connectivity index (χ3v) is 4.87. The van der Waals surface area contributed by atoms with Crippen molar-refractivity contribution in [2.75, 3.05) is 13.1 Å². The number of carbonyl (C=O) groups is 1. The van der Waals surface area contributed by atoms with Crippen LogP contribution in [-0.4, -0.2) is 29.1 Å². The van der Waals surface area contributed by atoms with Crippen molar-refractivity contribution in [3.8, 4) is 0 Å². The average Bonchev–Trinajstić information content (AvgIpc) is 2.45. The standard InChI is InChI=1S/C19H25NO2/c1-5-15(6-2)17(16-10-8-7-9-11-16)20-12-19(13-20,14(3)4)18(21)22/h5-11,14,17H,1,12-13H2,2-4H3,(H,21,22)/b15-6+. The van der Waals surface area contributed by atoms with Crippen molar-refractivity contribution < 1.29 is 9.90 Å². The van der Waals surface area contributed by atoms with E-state index < -0.39 is 11.4 Å². The van der Waals surface area contributed by atoms with Crippen molar-refractivity contribution in [2.24, 2.45) is 11.3 Å². The molecule has 1 unspecified atom stereocenters. The Morgan fingerprint density at radius 2 is 1.91 bits per heavy atom. The summed E-state index contributed by atoms with van der Waals surface area (Å²) in [7, 11) is 0. The molecule has 0 saturated carbocycles. The quantitative estimate of drug-likeness (QED) is 0.810. The van der Waals surface area contributed by atoms with Gasteiger partial charge in [0.15, 0.2) is 0 Å². The molecular formula is C19H25NO2. The second kappa shape index (κ2) is 6.49. The molecule has 0 aliphatic carbocycles. The van der Waals surface area contributed by atoms with Crippen LogP contribution in [0.5, 0.6) is 0 Å². The summed E-state index contributed by atoms with van der Waals surface area (Å²) >= 11 is 0. The van der Waals surface area contributed by atoms with Gasteiger partial charge in [0.05, 0.1) is 11.5 Å². The molecule has 3 heteroatoms. The minimum Gasteiger partial charge on any atom is -0.481 e. The number of rotatable bonds is 6. The Hall–Kier alpha value is -1.87. The molecule has 1 heterocycles. The number of carboxylic acids is 1. The summed E-state index contributed by atoms with van der Waals surface area (Å²) in [5.74, 6) is -0.568. The second-order valence-electron chi connectivity index (χ2n) is 6.33. The fourth-order valence-corrected chi connectivity index (χ4v) is 3.25. The van der Waals surface area contributed by atoms with Crippen LogP contribution in [0.15, 0.2) is 54.6 Å². The van der Waals surface area contributed by atoms with Crippen LogP contribution in [-0.2, 0) is 4.79 Å². The number of carboxylic acid groups (broad SMARTS) is 1. The number of allylic oxidation sites excluding steroid dienone is 1. The first-order chi connectivity index (χ1) is 10.5. The SMILES string of the molecule is C=C/C(=C\C)C(c1ccccc1)N1CC(C(=O)O)(C(C)C)C1. The summed E-state index contributed by atoms with van der Waals surface area (Å²) in [4.78, 5) is 13.9. The van der Waals surface area contributed by atoms with Gasteiger partial charge in [0.25, 0.3) is 0 Å². The zero-order valence-electron chi connectivity index (χ0n) is 13.6. The summed E-state index contributed by atoms with van der Waals surface area (Å²) in [6.45, 7) is 11.0. The van der Waals surface area contributed by atoms with Crippen LogP contribution in [0.25, 0.3) is 0 Å². The summed E-state index contributed by atoms with van der Waals surface area (Å²) in [5.41, 5.74) is 1.67. The first kappa shape index (κ1) is 16.5. The van der Waals surface area contributed by atoms with E-state index in [9.17, 15) is 9.90 Å². The van der Waals surface area contributed by atoms with E-state index in [1.54, 1.807) is 0 Å². The number of benzene rings is 1. The van der Waals surface area contributed by atoms with Crippen molar-refractivity contribution in [3.63, 3.8) is 0 Å². The Labute approximate surface area is 133 Å². The Balaban J connectivity index is 2.31. The van der Waals surface area contributed by atoms with Gasteiger partial charge in [0.1, 0.15) is 0 Å². The third kappa shape index (κ3) is 2.73. The van der Waals surface area contributed by atoms with Crippen molar-refractivity contribution >= 4 is 5.97 Å². The fourth-order valence-electron chi connectivity index (χ4n) is 3.25. The van der Waals surface area contributed by atoms with Crippen LogP contribution < -0.4 is 0 Å². The number of nitrogens with zero attached hydrogens (tertiary/aromatic N) is 1. The summed E-state index contributed by atoms with van der Waals surface area (Å²) in [5, 5.41) is 9.62. The Bertz CT molecular complexity index is 568. The molecule has 22 heavy (non-hydrogen) atoms. The van der Waals surface area contributed by atoms with E-state index in [-0.39, 0.29) is 12.0 Å². The van der Waals surface area contributed by atoms with Gasteiger partial charge in [0.2, 0.25) is 0 Å². The molecule has 1 aliphatic rings. The molecule has 0 radical (unpaired) electrons. The fraction of sp³-hybridized carbons (Fsp3) is 0.421. The highest BCUT2D eigenvalue weighted by atomic mass is 16.4. The predicted molar refractivity (Wildman–Crippen MR) is 89.6 cm³/mol. The molecule has 1 aromatic rings. The van der Waals surface area contributed by atoms with Crippen molar-refractivity contribution in [3.05, 3.63) is 60.2 Å². The number of hydrogen-bond donors (Lipinski definition) is 1. The number of aliphatic carboxylic acids is 1. The molecule has 0 aromatic heterocycles. The van der Waals surface area contributed by atoms with Crippen molar-refractivity contribution in [1.29, 1.82) is 0 Å². The van der Waals surface area contributed by atoms with E-state index in [2.05, 4.69) is 29.7 Å². The van der Waals surface area contributed by atoms with E-state index in [0.717, 1.165) is 5.57 Å². The maximum absolute atomic E-state index is 11.7. The maximum atomic E-state index is 11.7. The Morgan fingerprint density at radius 3 is 2.32 bits per heavy atom. The monoisotopic (exact) mass is 299 g/mol. The van der Waals surface area contributed by atoms with E-state index >= 15 is 0 Å². The smallest absolute Gasteiger partial charge is 0.312 e. The summed E-state index contributed by atoms with van der Waals surface area (Å²) < 4.78 is 0. The van der Waals surface area contributed by atoms with Crippen molar-refractivity contribution in [1.82, 2.24) is 4.90 Å². The topological polar surface area (TPSA) is 40.5 Å². The van der Waals surface area contributed by atoms with Gasteiger partial charge >= 0.3 is 5.97 Å². The summed E-state index contributed by atoms with van der Waals surface area (Å²) in [6, 6.07) is 10.3. The van der Waals surface area contributed by atoms with Gasteiger partial charge in [-0.05, 0) is 24.0 Å². The average molecular weight is 299 g/mol. The molecule has 1 saturated heterocycles. The van der Waals surface area contributed by atoms with Gasteiger partial charge in [-0.15, -0.1) is 0 Å². The van der Waals surface area contributed by atoms with Gasteiger partial charge in [-0.3, -0.25) is 9.69 Å². The molecule has 3 nitrogen and oxygen atoms in total. The lowest BCUT2D eigenvalue weighted by Crippen LogP contribution is -2.63. The molecule has 118 valence electrons. The third-order valence-electron chi connectivity index (χ3n) is 4.87. The molecule has 1 aliphatic heterocycles. The normalized spacial score (nSPS) is 19.5. The first-order valence-electron chi connectivity index (χ1n) is 7.77. The molecule has 1 N–H and O–H groups in total. The van der Waals surface area contributed by atoms with E-state index in [1.807, 2.05) is 45.0 Å². The minimum atomic E-state index is -0.689. The van der Waals surface area contributed by atoms with Gasteiger partial charge < -0.3 is 5.11 Å². The zero-order chi connectivity index (χ0) is 16.3. The molecule has 1 fully saturated rings. The van der Waals surface area contributed by atoms with E-state index in [1.165, 1.54) is 5.56 Å². The minimum absolute atomic E-state index is 0.0786. The van der Waals surface area contributed by atoms with Gasteiger partial charge in [-0.2, -0.15) is 0 Å². The Kier molecular flexibility index (Phi) is 4.87. The van der Waals surface area contributed by atoms with Crippen LogP contribution in [0.3, 0.4) is 0 Å². The lowest BCUT2D eigenvalue weighted by atomic mass is 9.69. The van der Waals surface area contributed by atoms with Crippen LogP contribution in [0.4, 0.5) is 0 Å². The predicted octanol–water partition coefficient (Wildman–Crippen LogP) is 3.90. The van der Waals surface area contributed by atoms with Gasteiger partial charge in [-0.1, -0.05) is 62.9 Å². The van der Waals surface area contributed by atoms with Crippen molar-refractivity contribution in [2.45, 2.75) is 26.8 Å². The zero-order valence-corrected chi connectivity index (χ0v) is 13.6. The molecule has 0 bridgehead atoms. The second-order valence-corrected chi connectivity index (χ2v) is 6.33. The lowest BCUT2D eigenvalue weighted by molar-refractivity contribution is -0.168. The van der Waals surface area contributed by atoms with Crippen LogP contribution in [0.2, 0.25) is 0 Å². The van der Waals surface area contributed by atoms with Crippen LogP contribution in [0, 0.1) is 11.3 Å². The maximum Gasteiger partial charge on any atom is 0.312 e. The highest BCUT2D eigenvalue weighted by Crippen LogP contribution is 2.44. The molecular weight excluding hydrogens is 274 g/mol. The van der Waals surface area contributed by atoms with E-state index in [4.69, 9.17) is 0 Å². The first-order valence-corrected chi connectivity index (χ1v) is 7.77. The highest BCUT2D eigenvalue weighted by Gasteiger charge is 2.53. The molecule has 0 spiro atoms.